The van der Waals surface area contributed by atoms with Crippen molar-refractivity contribution in [2.45, 2.75) is 32.6 Å². The fourth-order valence-corrected chi connectivity index (χ4v) is 4.16. The summed E-state index contributed by atoms with van der Waals surface area (Å²) in [6.45, 7) is 5.80. The Morgan fingerprint density at radius 1 is 1.21 bits per heavy atom. The third kappa shape index (κ3) is 3.82. The first kappa shape index (κ1) is 21.4. The Balaban J connectivity index is 1.80. The molecule has 5 rings (SSSR count). The zero-order valence-electron chi connectivity index (χ0n) is 18.1. The molecule has 5 heterocycles. The number of nitrogens with one attached hydrogen (secondary N) is 1. The maximum atomic E-state index is 13.5. The number of nitrogens with zero attached hydrogens (tertiary/aromatic N) is 6. The highest BCUT2D eigenvalue weighted by molar-refractivity contribution is 6.01. The van der Waals surface area contributed by atoms with Crippen LogP contribution < -0.4 is 4.90 Å². The fourth-order valence-electron chi connectivity index (χ4n) is 4.16. The van der Waals surface area contributed by atoms with Crippen molar-refractivity contribution in [3.63, 3.8) is 0 Å². The van der Waals surface area contributed by atoms with Crippen LogP contribution in [0, 0.1) is 0 Å². The first-order valence-corrected chi connectivity index (χ1v) is 10.7. The van der Waals surface area contributed by atoms with Crippen molar-refractivity contribution in [3.8, 4) is 22.6 Å². The van der Waals surface area contributed by atoms with Crippen LogP contribution in [0.15, 0.2) is 36.7 Å². The molecule has 0 spiro atoms. The summed E-state index contributed by atoms with van der Waals surface area (Å²) < 4.78 is 47.4. The number of halogens is 3. The topological polar surface area (TPSA) is 84.8 Å². The zero-order valence-corrected chi connectivity index (χ0v) is 18.1. The van der Waals surface area contributed by atoms with Crippen LogP contribution in [-0.2, 0) is 17.5 Å². The summed E-state index contributed by atoms with van der Waals surface area (Å²) in [7, 11) is 0. The highest BCUT2D eigenvalue weighted by Gasteiger charge is 2.35. The molecule has 0 bridgehead atoms. The monoisotopic (exact) mass is 457 g/mol. The molecule has 0 aliphatic carbocycles. The predicted octanol–water partition coefficient (Wildman–Crippen LogP) is 4.15. The van der Waals surface area contributed by atoms with Crippen LogP contribution in [0.4, 0.5) is 19.0 Å². The Morgan fingerprint density at radius 2 is 2.06 bits per heavy atom. The van der Waals surface area contributed by atoms with Gasteiger partial charge in [-0.25, -0.2) is 4.98 Å². The molecule has 172 valence electrons. The van der Waals surface area contributed by atoms with Gasteiger partial charge in [0.1, 0.15) is 17.0 Å². The van der Waals surface area contributed by atoms with E-state index >= 15 is 0 Å². The van der Waals surface area contributed by atoms with Crippen LogP contribution in [-0.4, -0.2) is 55.7 Å². The van der Waals surface area contributed by atoms with Crippen LogP contribution in [0.2, 0.25) is 0 Å². The second-order valence-corrected chi connectivity index (χ2v) is 7.90. The summed E-state index contributed by atoms with van der Waals surface area (Å²) in [4.78, 5) is 11.5. The molecule has 4 aromatic heterocycles. The van der Waals surface area contributed by atoms with Gasteiger partial charge in [0.05, 0.1) is 30.6 Å². The van der Waals surface area contributed by atoms with E-state index in [1.54, 1.807) is 31.5 Å². The van der Waals surface area contributed by atoms with E-state index in [2.05, 4.69) is 25.2 Å². The average Bonchev–Trinajstić information content (AvgIpc) is 3.48. The lowest BCUT2D eigenvalue weighted by Crippen LogP contribution is -2.44. The first-order valence-electron chi connectivity index (χ1n) is 10.7. The maximum absolute atomic E-state index is 13.5. The second-order valence-electron chi connectivity index (χ2n) is 7.90. The van der Waals surface area contributed by atoms with E-state index in [4.69, 9.17) is 9.72 Å². The molecule has 11 heteroatoms. The third-order valence-electron chi connectivity index (χ3n) is 5.78. The van der Waals surface area contributed by atoms with Crippen LogP contribution >= 0.6 is 0 Å². The lowest BCUT2D eigenvalue weighted by atomic mass is 10.0. The highest BCUT2D eigenvalue weighted by atomic mass is 19.4. The minimum absolute atomic E-state index is 0.0608. The number of aryl methyl sites for hydroxylation is 1. The van der Waals surface area contributed by atoms with Crippen LogP contribution in [0.3, 0.4) is 0 Å². The lowest BCUT2D eigenvalue weighted by Gasteiger charge is -2.34. The van der Waals surface area contributed by atoms with Crippen molar-refractivity contribution in [1.82, 2.24) is 29.9 Å². The van der Waals surface area contributed by atoms with Crippen molar-refractivity contribution in [3.05, 3.63) is 42.4 Å². The van der Waals surface area contributed by atoms with Gasteiger partial charge in [-0.15, -0.1) is 0 Å². The largest absolute Gasteiger partial charge is 0.435 e. The Morgan fingerprint density at radius 3 is 2.76 bits per heavy atom. The number of rotatable bonds is 4. The van der Waals surface area contributed by atoms with Gasteiger partial charge >= 0.3 is 6.18 Å². The van der Waals surface area contributed by atoms with E-state index in [9.17, 15) is 13.2 Å². The standard InChI is InChI=1S/C22H22F3N7O/c1-3-32-17(11-18(30-32)22(23,24)25)15-10-19(31-8-9-33-12-13(31)2)28-20-14(15)4-6-26-21(20)16-5-7-27-29-16/h4-7,10-11,13H,3,8-9,12H2,1-2H3,(H,27,29)/t13-/m1/s1. The number of aromatic amines is 1. The Kier molecular flexibility index (Phi) is 5.28. The number of alkyl halides is 3. The van der Waals surface area contributed by atoms with Gasteiger partial charge in [-0.3, -0.25) is 14.8 Å². The van der Waals surface area contributed by atoms with E-state index in [1.807, 2.05) is 13.0 Å². The molecule has 0 aromatic carbocycles. The minimum atomic E-state index is -4.54. The molecule has 1 N–H and O–H groups in total. The van der Waals surface area contributed by atoms with Crippen molar-refractivity contribution in [1.29, 1.82) is 0 Å². The average molecular weight is 457 g/mol. The summed E-state index contributed by atoms with van der Waals surface area (Å²) in [5.74, 6) is 0.652. The summed E-state index contributed by atoms with van der Waals surface area (Å²) in [6.07, 6.45) is -1.30. The van der Waals surface area contributed by atoms with Gasteiger partial charge in [-0.1, -0.05) is 0 Å². The molecule has 0 saturated carbocycles. The van der Waals surface area contributed by atoms with Crippen LogP contribution in [0.25, 0.3) is 33.5 Å². The molecular formula is C22H22F3N7O. The molecule has 4 aromatic rings. The van der Waals surface area contributed by atoms with Crippen molar-refractivity contribution in [2.75, 3.05) is 24.7 Å². The molecular weight excluding hydrogens is 435 g/mol. The second kappa shape index (κ2) is 8.14. The smallest absolute Gasteiger partial charge is 0.377 e. The van der Waals surface area contributed by atoms with Crippen molar-refractivity contribution < 1.29 is 17.9 Å². The molecule has 1 aliphatic rings. The van der Waals surface area contributed by atoms with Crippen LogP contribution in [0.5, 0.6) is 0 Å². The van der Waals surface area contributed by atoms with Crippen molar-refractivity contribution >= 4 is 16.7 Å². The summed E-state index contributed by atoms with van der Waals surface area (Å²) in [5.41, 5.74) is 1.89. The Hall–Kier alpha value is -3.47. The Labute approximate surface area is 187 Å². The molecule has 1 fully saturated rings. The number of ether oxygens (including phenoxy) is 1. The number of morpholine rings is 1. The summed E-state index contributed by atoms with van der Waals surface area (Å²) in [6, 6.07) is 6.55. The van der Waals surface area contributed by atoms with Gasteiger partial charge < -0.3 is 9.64 Å². The molecule has 1 atom stereocenters. The molecule has 0 amide bonds. The fraction of sp³-hybridized carbons (Fsp3) is 0.364. The predicted molar refractivity (Wildman–Crippen MR) is 117 cm³/mol. The van der Waals surface area contributed by atoms with Gasteiger partial charge in [0.2, 0.25) is 0 Å². The van der Waals surface area contributed by atoms with E-state index in [1.165, 1.54) is 4.68 Å². The van der Waals surface area contributed by atoms with Gasteiger partial charge in [-0.05, 0) is 38.1 Å². The number of H-pyrrole nitrogens is 1. The number of hydrogen-bond acceptors (Lipinski definition) is 6. The molecule has 1 aliphatic heterocycles. The van der Waals surface area contributed by atoms with E-state index in [-0.39, 0.29) is 12.6 Å². The van der Waals surface area contributed by atoms with Gasteiger partial charge in [-0.2, -0.15) is 23.4 Å². The van der Waals surface area contributed by atoms with Crippen molar-refractivity contribution in [2.24, 2.45) is 0 Å². The minimum Gasteiger partial charge on any atom is -0.377 e. The number of hydrogen-bond donors (Lipinski definition) is 1. The molecule has 0 unspecified atom stereocenters. The number of fused-ring (bicyclic) bond motifs is 1. The summed E-state index contributed by atoms with van der Waals surface area (Å²) >= 11 is 0. The van der Waals surface area contributed by atoms with Gasteiger partial charge in [0.15, 0.2) is 5.69 Å². The number of aromatic nitrogens is 6. The molecule has 33 heavy (non-hydrogen) atoms. The number of pyridine rings is 2. The molecule has 1 saturated heterocycles. The van der Waals surface area contributed by atoms with Crippen LogP contribution in [0.1, 0.15) is 19.5 Å². The molecule has 0 radical (unpaired) electrons. The van der Waals surface area contributed by atoms with Gasteiger partial charge in [0.25, 0.3) is 0 Å². The van der Waals surface area contributed by atoms with E-state index in [0.717, 1.165) is 6.07 Å². The molecule has 8 nitrogen and oxygen atoms in total. The summed E-state index contributed by atoms with van der Waals surface area (Å²) in [5, 5.41) is 11.4. The first-order chi connectivity index (χ1) is 15.9. The number of anilines is 1. The quantitative estimate of drug-likeness (QED) is 0.496. The van der Waals surface area contributed by atoms with Gasteiger partial charge in [0, 0.05) is 36.4 Å². The normalized spacial score (nSPS) is 17.1. The maximum Gasteiger partial charge on any atom is 0.435 e. The SMILES string of the molecule is CCn1nc(C(F)(F)F)cc1-c1cc(N2CCOC[C@H]2C)nc2c(-c3ccn[nH]3)nccc12. The van der Waals surface area contributed by atoms with E-state index < -0.39 is 11.9 Å². The Bertz CT molecular complexity index is 1280. The third-order valence-corrected chi connectivity index (χ3v) is 5.78. The zero-order chi connectivity index (χ0) is 23.2. The highest BCUT2D eigenvalue weighted by Crippen LogP contribution is 2.38. The lowest BCUT2D eigenvalue weighted by molar-refractivity contribution is -0.141. The van der Waals surface area contributed by atoms with E-state index in [0.29, 0.717) is 59.1 Å².